The van der Waals surface area contributed by atoms with Crippen LogP contribution in [0.1, 0.15) is 16.8 Å². The summed E-state index contributed by atoms with van der Waals surface area (Å²) < 4.78 is 14.4. The van der Waals surface area contributed by atoms with E-state index in [1.807, 2.05) is 0 Å². The third kappa shape index (κ3) is 2.87. The minimum atomic E-state index is -2.50. The van der Waals surface area contributed by atoms with Crippen molar-refractivity contribution in [3.63, 3.8) is 0 Å². The Bertz CT molecular complexity index is 638. The third-order valence-electron chi connectivity index (χ3n) is 3.28. The van der Waals surface area contributed by atoms with Crippen molar-refractivity contribution in [3.05, 3.63) is 38.3 Å². The molecule has 0 bridgehead atoms. The zero-order valence-electron chi connectivity index (χ0n) is 10.6. The average Bonchev–Trinajstić information content (AvgIpc) is 2.82. The van der Waals surface area contributed by atoms with Crippen LogP contribution in [-0.2, 0) is 4.79 Å². The highest BCUT2D eigenvalue weighted by atomic mass is 79.9. The van der Waals surface area contributed by atoms with E-state index in [2.05, 4.69) is 15.9 Å². The number of rotatable bonds is 3. The maximum atomic E-state index is 13.9. The molecule has 1 atom stereocenters. The lowest BCUT2D eigenvalue weighted by atomic mass is 10.1. The van der Waals surface area contributed by atoms with Crippen LogP contribution in [0.4, 0.5) is 10.1 Å². The Kier molecular flexibility index (Phi) is 3.95. The lowest BCUT2D eigenvalue weighted by Gasteiger charge is -2.17. The number of benzene rings is 1. The number of nitrogens with zero attached hydrogens (tertiary/aromatic N) is 2. The molecule has 1 amide bonds. The summed E-state index contributed by atoms with van der Waals surface area (Å²) in [7, 11) is 0. The highest BCUT2D eigenvalue weighted by molar-refractivity contribution is 9.10. The fourth-order valence-electron chi connectivity index (χ4n) is 2.13. The van der Waals surface area contributed by atoms with Crippen molar-refractivity contribution in [2.24, 2.45) is 0 Å². The Morgan fingerprint density at radius 3 is 2.67 bits per heavy atom. The van der Waals surface area contributed by atoms with Crippen molar-refractivity contribution in [3.8, 4) is 0 Å². The number of halogens is 2. The number of carbonyl (C=O) groups is 2. The number of nitro benzene ring substituents is 1. The number of likely N-dealkylation sites (tertiary alicyclic amines) is 1. The van der Waals surface area contributed by atoms with Gasteiger partial charge in [-0.05, 0) is 12.1 Å². The maximum absolute atomic E-state index is 13.9. The van der Waals surface area contributed by atoms with Gasteiger partial charge in [0.25, 0.3) is 11.6 Å². The highest BCUT2D eigenvalue weighted by Gasteiger charge is 2.47. The normalized spacial score (nSPS) is 21.3. The molecule has 1 aliphatic rings. The van der Waals surface area contributed by atoms with Gasteiger partial charge in [0.2, 0.25) is 5.67 Å². The fourth-order valence-corrected chi connectivity index (χ4v) is 2.48. The lowest BCUT2D eigenvalue weighted by Crippen LogP contribution is -2.39. The van der Waals surface area contributed by atoms with Crippen LogP contribution >= 0.6 is 15.9 Å². The number of amides is 1. The average molecular weight is 361 g/mol. The number of alkyl halides is 1. The van der Waals surface area contributed by atoms with Gasteiger partial charge in [-0.1, -0.05) is 15.9 Å². The van der Waals surface area contributed by atoms with Gasteiger partial charge in [0.05, 0.1) is 11.5 Å². The quantitative estimate of drug-likeness (QED) is 0.656. The Labute approximate surface area is 126 Å². The van der Waals surface area contributed by atoms with Crippen LogP contribution in [0.5, 0.6) is 0 Å². The van der Waals surface area contributed by atoms with Crippen LogP contribution in [0.3, 0.4) is 0 Å². The smallest absolute Gasteiger partial charge is 0.343 e. The van der Waals surface area contributed by atoms with E-state index < -0.39 is 34.7 Å². The molecule has 1 N–H and O–H groups in total. The molecule has 1 saturated heterocycles. The zero-order valence-corrected chi connectivity index (χ0v) is 12.2. The molecule has 0 radical (unpaired) electrons. The van der Waals surface area contributed by atoms with Crippen molar-refractivity contribution in [1.29, 1.82) is 0 Å². The number of nitro groups is 1. The van der Waals surface area contributed by atoms with E-state index >= 15 is 0 Å². The van der Waals surface area contributed by atoms with Gasteiger partial charge in [-0.15, -0.1) is 0 Å². The van der Waals surface area contributed by atoms with Gasteiger partial charge < -0.3 is 10.0 Å². The number of hydrogen-bond donors (Lipinski definition) is 1. The first-order valence-corrected chi connectivity index (χ1v) is 6.69. The molecule has 7 nitrogen and oxygen atoms in total. The Morgan fingerprint density at radius 2 is 2.14 bits per heavy atom. The molecular weight excluding hydrogens is 351 g/mol. The molecule has 0 aliphatic carbocycles. The van der Waals surface area contributed by atoms with Crippen molar-refractivity contribution in [1.82, 2.24) is 4.90 Å². The zero-order chi connectivity index (χ0) is 15.8. The van der Waals surface area contributed by atoms with Crippen molar-refractivity contribution < 1.29 is 24.0 Å². The third-order valence-corrected chi connectivity index (χ3v) is 3.77. The van der Waals surface area contributed by atoms with Gasteiger partial charge >= 0.3 is 5.97 Å². The molecule has 1 fully saturated rings. The topological polar surface area (TPSA) is 101 Å². The van der Waals surface area contributed by atoms with E-state index in [1.165, 1.54) is 18.2 Å². The molecule has 21 heavy (non-hydrogen) atoms. The first kappa shape index (κ1) is 15.4. The molecule has 1 unspecified atom stereocenters. The standard InChI is InChI=1S/C12H10BrFN2O5/c13-7-1-2-8(9(5-7)16(20)21)10(17)15-4-3-12(14,6-15)11(18)19/h1-2,5H,3-4,6H2,(H,18,19). The SMILES string of the molecule is O=C(c1ccc(Br)cc1[N+](=O)[O-])N1CCC(F)(C(=O)O)C1. The van der Waals surface area contributed by atoms with Gasteiger partial charge in [0, 0.05) is 23.5 Å². The van der Waals surface area contributed by atoms with Crippen LogP contribution < -0.4 is 0 Å². The van der Waals surface area contributed by atoms with Crippen molar-refractivity contribution in [2.45, 2.75) is 12.1 Å². The molecule has 1 aliphatic heterocycles. The number of carbonyl (C=O) groups excluding carboxylic acids is 1. The number of carboxylic acid groups (broad SMARTS) is 1. The van der Waals surface area contributed by atoms with E-state index in [0.29, 0.717) is 4.47 Å². The minimum absolute atomic E-state index is 0.102. The van der Waals surface area contributed by atoms with Crippen molar-refractivity contribution >= 4 is 33.5 Å². The van der Waals surface area contributed by atoms with E-state index in [9.17, 15) is 24.1 Å². The summed E-state index contributed by atoms with van der Waals surface area (Å²) in [5, 5.41) is 19.8. The minimum Gasteiger partial charge on any atom is -0.479 e. The molecule has 9 heteroatoms. The highest BCUT2D eigenvalue weighted by Crippen LogP contribution is 2.30. The molecule has 2 rings (SSSR count). The van der Waals surface area contributed by atoms with Gasteiger partial charge in [0.1, 0.15) is 5.56 Å². The molecule has 1 heterocycles. The molecule has 0 aromatic heterocycles. The number of carboxylic acids is 1. The maximum Gasteiger partial charge on any atom is 0.343 e. The summed E-state index contributed by atoms with van der Waals surface area (Å²) in [4.78, 5) is 34.3. The van der Waals surface area contributed by atoms with E-state index in [4.69, 9.17) is 5.11 Å². The molecule has 0 saturated carbocycles. The largest absolute Gasteiger partial charge is 0.479 e. The predicted octanol–water partition coefficient (Wildman–Crippen LogP) is 2.00. The summed E-state index contributed by atoms with van der Waals surface area (Å²) in [6.07, 6.45) is -0.335. The van der Waals surface area contributed by atoms with E-state index in [-0.39, 0.29) is 18.5 Å². The van der Waals surface area contributed by atoms with Crippen molar-refractivity contribution in [2.75, 3.05) is 13.1 Å². The second-order valence-electron chi connectivity index (χ2n) is 4.67. The summed E-state index contributed by atoms with van der Waals surface area (Å²) in [5.74, 6) is -2.39. The summed E-state index contributed by atoms with van der Waals surface area (Å²) >= 11 is 3.07. The Morgan fingerprint density at radius 1 is 1.48 bits per heavy atom. The summed E-state index contributed by atoms with van der Waals surface area (Å²) in [6, 6.07) is 3.88. The van der Waals surface area contributed by atoms with Crippen LogP contribution in [-0.4, -0.2) is 45.6 Å². The van der Waals surface area contributed by atoms with Crippen LogP contribution in [0, 0.1) is 10.1 Å². The van der Waals surface area contributed by atoms with Gasteiger partial charge in [-0.25, -0.2) is 9.18 Å². The van der Waals surface area contributed by atoms with E-state index in [1.54, 1.807) is 0 Å². The fraction of sp³-hybridized carbons (Fsp3) is 0.333. The first-order valence-electron chi connectivity index (χ1n) is 5.90. The second kappa shape index (κ2) is 5.40. The lowest BCUT2D eigenvalue weighted by molar-refractivity contribution is -0.385. The first-order chi connectivity index (χ1) is 9.74. The second-order valence-corrected chi connectivity index (χ2v) is 5.58. The molecule has 1 aromatic carbocycles. The van der Waals surface area contributed by atoms with Gasteiger partial charge in [-0.2, -0.15) is 0 Å². The van der Waals surface area contributed by atoms with Crippen LogP contribution in [0.15, 0.2) is 22.7 Å². The van der Waals surface area contributed by atoms with Crippen LogP contribution in [0.2, 0.25) is 0 Å². The Hall–Kier alpha value is -2.03. The number of aliphatic carboxylic acids is 1. The number of hydrogen-bond acceptors (Lipinski definition) is 4. The predicted molar refractivity (Wildman–Crippen MR) is 72.8 cm³/mol. The summed E-state index contributed by atoms with van der Waals surface area (Å²) in [5.41, 5.74) is -3.11. The van der Waals surface area contributed by atoms with E-state index in [0.717, 1.165) is 4.90 Å². The van der Waals surface area contributed by atoms with Crippen LogP contribution in [0.25, 0.3) is 0 Å². The monoisotopic (exact) mass is 360 g/mol. The van der Waals surface area contributed by atoms with Gasteiger partial charge in [-0.3, -0.25) is 14.9 Å². The Balaban J connectivity index is 2.30. The molecule has 1 aromatic rings. The molecular formula is C12H10BrFN2O5. The summed E-state index contributed by atoms with van der Waals surface area (Å²) in [6.45, 7) is -0.719. The molecule has 0 spiro atoms. The molecule has 112 valence electrons. The van der Waals surface area contributed by atoms with Gasteiger partial charge in [0.15, 0.2) is 0 Å².